The fraction of sp³-hybridized carbons (Fsp3) is 0.600. The minimum absolute atomic E-state index is 0.186. The summed E-state index contributed by atoms with van der Waals surface area (Å²) >= 11 is 0. The third-order valence-corrected chi connectivity index (χ3v) is 9.53. The zero-order chi connectivity index (χ0) is 35.5. The van der Waals surface area contributed by atoms with Gasteiger partial charge in [-0.2, -0.15) is 0 Å². The summed E-state index contributed by atoms with van der Waals surface area (Å²) in [5.74, 6) is 1.84. The van der Waals surface area contributed by atoms with E-state index in [1.54, 1.807) is 0 Å². The molecule has 0 fully saturated rings. The topological polar surface area (TPSA) is 68.2 Å². The molecule has 0 aliphatic heterocycles. The van der Waals surface area contributed by atoms with Crippen molar-refractivity contribution in [3.8, 4) is 33.8 Å². The molecule has 1 atom stereocenters. The van der Waals surface area contributed by atoms with Crippen molar-refractivity contribution in [2.45, 2.75) is 149 Å². The minimum Gasteiger partial charge on any atom is -0.494 e. The average molecular weight is 689 g/mol. The third-order valence-electron chi connectivity index (χ3n) is 9.53. The Labute approximate surface area is 304 Å². The van der Waals surface area contributed by atoms with Gasteiger partial charge in [0.1, 0.15) is 11.5 Å². The summed E-state index contributed by atoms with van der Waals surface area (Å²) in [7, 11) is 0. The summed E-state index contributed by atoms with van der Waals surface area (Å²) < 4.78 is 18.4. The number of unbranched alkanes of at least 4 members (excludes halogenated alkanes) is 15. The van der Waals surface area contributed by atoms with Crippen molar-refractivity contribution in [2.75, 3.05) is 26.4 Å². The Morgan fingerprint density at radius 1 is 0.500 bits per heavy atom. The van der Waals surface area contributed by atoms with Gasteiger partial charge in [0, 0.05) is 12.2 Å². The number of benzene rings is 3. The molecule has 3 aromatic carbocycles. The monoisotopic (exact) mass is 689 g/mol. The molecule has 2 N–H and O–H groups in total. The van der Waals surface area contributed by atoms with Crippen LogP contribution in [0.1, 0.15) is 141 Å². The van der Waals surface area contributed by atoms with E-state index in [9.17, 15) is 5.11 Å². The van der Waals surface area contributed by atoms with Crippen LogP contribution in [0.2, 0.25) is 0 Å². The zero-order valence-corrected chi connectivity index (χ0v) is 31.5. The molecular weight excluding hydrogens is 620 g/mol. The van der Waals surface area contributed by atoms with Crippen LogP contribution in [-0.2, 0) is 11.3 Å². The van der Waals surface area contributed by atoms with Gasteiger partial charge >= 0.3 is 0 Å². The molecule has 0 saturated carbocycles. The lowest BCUT2D eigenvalue weighted by atomic mass is 9.99. The van der Waals surface area contributed by atoms with E-state index in [0.29, 0.717) is 19.6 Å². The first-order valence-corrected chi connectivity index (χ1v) is 20.1. The van der Waals surface area contributed by atoms with E-state index in [1.807, 2.05) is 0 Å². The molecule has 3 rings (SSSR count). The molecule has 50 heavy (non-hydrogen) atoms. The van der Waals surface area contributed by atoms with E-state index in [0.717, 1.165) is 67.1 Å². The number of aliphatic hydroxyl groups excluding tert-OH is 2. The molecule has 5 heteroatoms. The highest BCUT2D eigenvalue weighted by molar-refractivity contribution is 5.71. The van der Waals surface area contributed by atoms with E-state index >= 15 is 0 Å². The highest BCUT2D eigenvalue weighted by Crippen LogP contribution is 2.30. The summed E-state index contributed by atoms with van der Waals surface area (Å²) in [5, 5.41) is 18.7. The molecule has 0 saturated heterocycles. The van der Waals surface area contributed by atoms with Crippen LogP contribution in [0.4, 0.5) is 0 Å². The van der Waals surface area contributed by atoms with E-state index in [1.165, 1.54) is 101 Å². The maximum absolute atomic E-state index is 9.61. The first kappa shape index (κ1) is 41.6. The van der Waals surface area contributed by atoms with Crippen LogP contribution in [-0.4, -0.2) is 42.7 Å². The van der Waals surface area contributed by atoms with Gasteiger partial charge < -0.3 is 24.4 Å². The predicted molar refractivity (Wildman–Crippen MR) is 210 cm³/mol. The molecule has 0 amide bonds. The largest absolute Gasteiger partial charge is 0.494 e. The van der Waals surface area contributed by atoms with Gasteiger partial charge in [-0.15, -0.1) is 0 Å². The van der Waals surface area contributed by atoms with E-state index in [2.05, 4.69) is 80.6 Å². The molecular formula is C45H68O5. The van der Waals surface area contributed by atoms with Crippen LogP contribution in [0.15, 0.2) is 66.7 Å². The lowest BCUT2D eigenvalue weighted by Crippen LogP contribution is -2.11. The number of aliphatic hydroxyl groups is 2. The fourth-order valence-electron chi connectivity index (χ4n) is 6.31. The summed E-state index contributed by atoms with van der Waals surface area (Å²) in [5.41, 5.74) is 5.73. The first-order valence-electron chi connectivity index (χ1n) is 20.1. The maximum Gasteiger partial charge on any atom is 0.124 e. The van der Waals surface area contributed by atoms with Crippen molar-refractivity contribution in [3.05, 3.63) is 72.3 Å². The second-order valence-corrected chi connectivity index (χ2v) is 14.0. The van der Waals surface area contributed by atoms with Crippen LogP contribution >= 0.6 is 0 Å². The Morgan fingerprint density at radius 3 is 1.52 bits per heavy atom. The van der Waals surface area contributed by atoms with Crippen LogP contribution in [0.5, 0.6) is 11.5 Å². The third kappa shape index (κ3) is 17.4. The van der Waals surface area contributed by atoms with Gasteiger partial charge in [-0.05, 0) is 78.6 Å². The molecule has 3 aromatic rings. The Bertz CT molecular complexity index is 1240. The predicted octanol–water partition coefficient (Wildman–Crippen LogP) is 12.1. The van der Waals surface area contributed by atoms with Crippen LogP contribution in [0.25, 0.3) is 22.3 Å². The Balaban J connectivity index is 1.51. The molecule has 1 unspecified atom stereocenters. The second kappa shape index (κ2) is 26.9. The number of ether oxygens (including phenoxy) is 3. The number of hydrogen-bond acceptors (Lipinski definition) is 5. The Hall–Kier alpha value is -2.86. The highest BCUT2D eigenvalue weighted by Gasteiger charge is 2.09. The van der Waals surface area contributed by atoms with Crippen molar-refractivity contribution in [1.82, 2.24) is 0 Å². The van der Waals surface area contributed by atoms with Crippen molar-refractivity contribution >= 4 is 0 Å². The van der Waals surface area contributed by atoms with Crippen molar-refractivity contribution in [2.24, 2.45) is 0 Å². The van der Waals surface area contributed by atoms with Gasteiger partial charge in [-0.25, -0.2) is 0 Å². The average Bonchev–Trinajstić information content (AvgIpc) is 3.15. The molecule has 0 aliphatic rings. The molecule has 5 nitrogen and oxygen atoms in total. The number of hydrogen-bond donors (Lipinski definition) is 2. The van der Waals surface area contributed by atoms with Gasteiger partial charge in [0.25, 0.3) is 0 Å². The maximum atomic E-state index is 9.61. The van der Waals surface area contributed by atoms with Crippen molar-refractivity contribution < 1.29 is 24.4 Å². The molecule has 278 valence electrons. The molecule has 0 bridgehead atoms. The summed E-state index contributed by atoms with van der Waals surface area (Å²) in [6, 6.07) is 23.7. The van der Waals surface area contributed by atoms with E-state index < -0.39 is 6.10 Å². The molecule has 0 spiro atoms. The van der Waals surface area contributed by atoms with Gasteiger partial charge in [-0.1, -0.05) is 146 Å². The lowest BCUT2D eigenvalue weighted by molar-refractivity contribution is 0.0782. The number of rotatable bonds is 30. The van der Waals surface area contributed by atoms with Gasteiger partial charge in [0.15, 0.2) is 0 Å². The molecule has 0 radical (unpaired) electrons. The SMILES string of the molecule is CCCCCCCCCCOc1ccc(-c2ccc(-c3ccc(OCCCCCCCCCC)c(COCCCCC(O)CO)c3)cc2)cc1. The van der Waals surface area contributed by atoms with E-state index in [-0.39, 0.29) is 6.61 Å². The minimum atomic E-state index is -0.642. The van der Waals surface area contributed by atoms with Gasteiger partial charge in [0.2, 0.25) is 0 Å². The summed E-state index contributed by atoms with van der Waals surface area (Å²) in [6.07, 6.45) is 22.3. The Morgan fingerprint density at radius 2 is 0.960 bits per heavy atom. The first-order chi connectivity index (χ1) is 24.6. The summed E-state index contributed by atoms with van der Waals surface area (Å²) in [6.45, 7) is 6.94. The second-order valence-electron chi connectivity index (χ2n) is 14.0. The standard InChI is InChI=1S/C45H68O5/c1-3-5-7-9-11-13-15-18-33-49-44-29-26-39(27-30-44)38-22-24-40(25-23-38)41-28-31-45(50-34-19-16-14-12-10-8-6-4-2)42(35-41)37-48-32-20-17-21-43(47)36-46/h22-31,35,43,46-47H,3-21,32-34,36-37H2,1-2H3. The molecule has 0 aromatic heterocycles. The van der Waals surface area contributed by atoms with Crippen molar-refractivity contribution in [1.29, 1.82) is 0 Å². The lowest BCUT2D eigenvalue weighted by Gasteiger charge is -2.15. The van der Waals surface area contributed by atoms with Crippen molar-refractivity contribution in [3.63, 3.8) is 0 Å². The smallest absolute Gasteiger partial charge is 0.124 e. The quantitative estimate of drug-likeness (QED) is 0.0682. The Kier molecular flexibility index (Phi) is 22.3. The normalized spacial score (nSPS) is 11.9. The van der Waals surface area contributed by atoms with Crippen LogP contribution in [0.3, 0.4) is 0 Å². The highest BCUT2D eigenvalue weighted by atomic mass is 16.5. The summed E-state index contributed by atoms with van der Waals surface area (Å²) in [4.78, 5) is 0. The van der Waals surface area contributed by atoms with E-state index in [4.69, 9.17) is 19.3 Å². The molecule has 0 aliphatic carbocycles. The molecule has 0 heterocycles. The zero-order valence-electron chi connectivity index (χ0n) is 31.5. The van der Waals surface area contributed by atoms with Crippen LogP contribution in [0, 0.1) is 0 Å². The van der Waals surface area contributed by atoms with Gasteiger partial charge in [-0.3, -0.25) is 0 Å². The van der Waals surface area contributed by atoms with Crippen LogP contribution < -0.4 is 9.47 Å². The fourth-order valence-corrected chi connectivity index (χ4v) is 6.31. The van der Waals surface area contributed by atoms with Gasteiger partial charge in [0.05, 0.1) is 32.5 Å².